The van der Waals surface area contributed by atoms with E-state index in [1.54, 1.807) is 0 Å². The predicted molar refractivity (Wildman–Crippen MR) is 62.8 cm³/mol. The van der Waals surface area contributed by atoms with Gasteiger partial charge in [0.1, 0.15) is 11.0 Å². The Hall–Kier alpha value is 0.840. The summed E-state index contributed by atoms with van der Waals surface area (Å²) in [4.78, 5) is 0. The normalized spacial score (nSPS) is 49.4. The first-order chi connectivity index (χ1) is 7.75. The van der Waals surface area contributed by atoms with Gasteiger partial charge >= 0.3 is 22.9 Å². The van der Waals surface area contributed by atoms with Crippen molar-refractivity contribution in [2.75, 3.05) is 6.54 Å². The molecule has 0 radical (unpaired) electrons. The van der Waals surface area contributed by atoms with Crippen LogP contribution < -0.4 is 22.9 Å². The van der Waals surface area contributed by atoms with Crippen molar-refractivity contribution in [2.24, 2.45) is 17.8 Å². The van der Waals surface area contributed by atoms with E-state index in [1.165, 1.54) is 44.9 Å². The highest BCUT2D eigenvalue weighted by Crippen LogP contribution is 2.45. The lowest BCUT2D eigenvalue weighted by Gasteiger charge is -2.36. The third-order valence-electron chi connectivity index (χ3n) is 4.83. The Balaban J connectivity index is 1.75. The minimum atomic E-state index is -0.667. The summed E-state index contributed by atoms with van der Waals surface area (Å²) in [5.41, 5.74) is 0. The molecule has 0 spiro atoms. The van der Waals surface area contributed by atoms with Gasteiger partial charge in [0.05, 0.1) is 11.8 Å². The molecule has 5 unspecified atom stereocenters. The molecule has 3 aliphatic rings. The van der Waals surface area contributed by atoms with Gasteiger partial charge in [0.15, 0.2) is 0 Å². The van der Waals surface area contributed by atoms with E-state index in [0.29, 0.717) is 5.25 Å². The van der Waals surface area contributed by atoms with Crippen LogP contribution in [0.2, 0.25) is 0 Å². The summed E-state index contributed by atoms with van der Waals surface area (Å²) < 4.78 is 14.2. The average Bonchev–Trinajstić information content (AvgIpc) is 2.48. The Morgan fingerprint density at radius 2 is 1.69 bits per heavy atom. The van der Waals surface area contributed by atoms with Crippen molar-refractivity contribution in [3.8, 4) is 0 Å². The zero-order valence-electron chi connectivity index (χ0n) is 9.64. The molecule has 0 aromatic rings. The summed E-state index contributed by atoms with van der Waals surface area (Å²) in [5.74, 6) is 2.61. The van der Waals surface area contributed by atoms with Gasteiger partial charge in [0.25, 0.3) is 0 Å². The molecule has 0 aromatic carbocycles. The average molecular weight is 354 g/mol. The molecule has 1 saturated heterocycles. The molecule has 3 fully saturated rings. The first-order valence-electron chi connectivity index (χ1n) is 6.61. The van der Waals surface area contributed by atoms with Crippen LogP contribution in [0.1, 0.15) is 44.9 Å². The van der Waals surface area contributed by atoms with Crippen molar-refractivity contribution in [3.63, 3.8) is 0 Å². The summed E-state index contributed by atoms with van der Waals surface area (Å²) >= 11 is 1.96. The van der Waals surface area contributed by atoms with Crippen molar-refractivity contribution in [3.05, 3.63) is 0 Å². The van der Waals surface area contributed by atoms with Crippen molar-refractivity contribution in [1.29, 1.82) is 0 Å². The van der Waals surface area contributed by atoms with E-state index in [4.69, 9.17) is 0 Å². The van der Waals surface area contributed by atoms with Gasteiger partial charge in [-0.1, -0.05) is 32.1 Å². The fraction of sp³-hybridized carbons (Fsp3) is 1.00. The van der Waals surface area contributed by atoms with Gasteiger partial charge in [-0.15, -0.1) is 0 Å². The van der Waals surface area contributed by atoms with E-state index in [2.05, 4.69) is 2.52 Å². The van der Waals surface area contributed by atoms with Crippen LogP contribution in [0.5, 0.6) is 0 Å². The van der Waals surface area contributed by atoms with Crippen LogP contribution >= 0.6 is 0 Å². The number of halogens is 1. The standard InChI is InChI=1S/C12H21INOS/c13-14-8-11-6-9-4-2-1-3-5-10(9)7-12(11)16(14)15/h9-13H,1-8H2/q+1. The van der Waals surface area contributed by atoms with Gasteiger partial charge in [0, 0.05) is 0 Å². The largest absolute Gasteiger partial charge is 0.384 e. The van der Waals surface area contributed by atoms with Gasteiger partial charge in [-0.3, -0.25) is 0 Å². The second-order valence-corrected chi connectivity index (χ2v) is 9.30. The summed E-state index contributed by atoms with van der Waals surface area (Å²) in [6.07, 6.45) is 9.78. The van der Waals surface area contributed by atoms with Crippen LogP contribution in [0.4, 0.5) is 0 Å². The van der Waals surface area contributed by atoms with E-state index in [1.807, 2.05) is 22.9 Å². The highest BCUT2D eigenvalue weighted by Gasteiger charge is 2.48. The summed E-state index contributed by atoms with van der Waals surface area (Å²) in [6, 6.07) is 0. The van der Waals surface area contributed by atoms with Crippen LogP contribution in [0, 0.1) is 17.8 Å². The topological polar surface area (TPSA) is 20.3 Å². The minimum Gasteiger partial charge on any atom is -0.239 e. The van der Waals surface area contributed by atoms with Crippen molar-refractivity contribution in [1.82, 2.24) is 2.52 Å². The fourth-order valence-electron chi connectivity index (χ4n) is 3.97. The van der Waals surface area contributed by atoms with Gasteiger partial charge in [-0.2, -0.15) is 0 Å². The molecule has 0 aromatic heterocycles. The van der Waals surface area contributed by atoms with Crippen LogP contribution in [-0.4, -0.2) is 18.5 Å². The highest BCUT2D eigenvalue weighted by molar-refractivity contribution is 7.83. The maximum atomic E-state index is 12.1. The number of hydrogen-bond donors (Lipinski definition) is 0. The molecule has 5 atom stereocenters. The first-order valence-corrected chi connectivity index (χ1v) is 8.82. The summed E-state index contributed by atoms with van der Waals surface area (Å²) in [7, 11) is -0.667. The van der Waals surface area contributed by atoms with Crippen molar-refractivity contribution >= 4 is 11.0 Å². The minimum absolute atomic E-state index is 0.507. The Kier molecular flexibility index (Phi) is 3.60. The van der Waals surface area contributed by atoms with Gasteiger partial charge in [-0.25, -0.2) is 4.21 Å². The summed E-state index contributed by atoms with van der Waals surface area (Å²) in [5, 5.41) is 0.507. The van der Waals surface area contributed by atoms with Gasteiger partial charge in [-0.05, 0) is 33.1 Å². The van der Waals surface area contributed by atoms with Gasteiger partial charge < -0.3 is 0 Å². The highest BCUT2D eigenvalue weighted by atomic mass is 127. The van der Waals surface area contributed by atoms with Crippen molar-refractivity contribution in [2.45, 2.75) is 50.2 Å². The van der Waals surface area contributed by atoms with Crippen molar-refractivity contribution < 1.29 is 27.1 Å². The molecule has 0 amide bonds. The molecule has 0 N–H and O–H groups in total. The second-order valence-electron chi connectivity index (χ2n) is 5.72. The third kappa shape index (κ3) is 2.09. The quantitative estimate of drug-likeness (QED) is 0.410. The molecule has 0 bridgehead atoms. The summed E-state index contributed by atoms with van der Waals surface area (Å²) in [6.45, 7) is 1.09. The molecule has 1 aliphatic heterocycles. The Morgan fingerprint density at radius 1 is 1.00 bits per heavy atom. The lowest BCUT2D eigenvalue weighted by Crippen LogP contribution is -3.41. The maximum Gasteiger partial charge on any atom is 0.384 e. The van der Waals surface area contributed by atoms with E-state index >= 15 is 0 Å². The molecule has 2 nitrogen and oxygen atoms in total. The number of hydrogen-bond acceptors (Lipinski definition) is 1. The SMILES string of the molecule is O=S1C2CC3CCCCCC3CC2CN1[IH+]. The number of nitrogens with zero attached hydrogens (tertiary/aromatic N) is 1. The molecular formula is C12H21INOS+. The number of fused-ring (bicyclic) bond motifs is 2. The zero-order valence-corrected chi connectivity index (χ0v) is 12.8. The second kappa shape index (κ2) is 4.84. The van der Waals surface area contributed by atoms with E-state index in [9.17, 15) is 4.21 Å². The van der Waals surface area contributed by atoms with E-state index < -0.39 is 11.0 Å². The van der Waals surface area contributed by atoms with Crippen LogP contribution in [-0.2, 0) is 11.0 Å². The molecule has 3 rings (SSSR count). The smallest absolute Gasteiger partial charge is 0.239 e. The lowest BCUT2D eigenvalue weighted by atomic mass is 9.71. The molecule has 2 aliphatic carbocycles. The van der Waals surface area contributed by atoms with E-state index in [0.717, 1.165) is 24.3 Å². The van der Waals surface area contributed by atoms with Crippen LogP contribution in [0.3, 0.4) is 0 Å². The van der Waals surface area contributed by atoms with E-state index in [-0.39, 0.29) is 0 Å². The first kappa shape index (κ1) is 11.9. The lowest BCUT2D eigenvalue weighted by molar-refractivity contribution is -0.529. The Morgan fingerprint density at radius 3 is 2.44 bits per heavy atom. The number of rotatable bonds is 0. The molecule has 16 heavy (non-hydrogen) atoms. The fourth-order valence-corrected chi connectivity index (χ4v) is 7.04. The monoisotopic (exact) mass is 354 g/mol. The van der Waals surface area contributed by atoms with Gasteiger partial charge in [0.2, 0.25) is 0 Å². The Labute approximate surface area is 115 Å². The zero-order chi connectivity index (χ0) is 11.1. The van der Waals surface area contributed by atoms with Crippen LogP contribution in [0.15, 0.2) is 0 Å². The third-order valence-corrected chi connectivity index (χ3v) is 8.16. The molecule has 1 heterocycles. The maximum absolute atomic E-state index is 12.1. The molecular weight excluding hydrogens is 333 g/mol. The predicted octanol–water partition coefficient (Wildman–Crippen LogP) is -0.859. The molecule has 4 heteroatoms. The molecule has 2 saturated carbocycles. The van der Waals surface area contributed by atoms with Crippen LogP contribution in [0.25, 0.3) is 0 Å². The Bertz CT molecular complexity index is 299. The molecule has 92 valence electrons.